The molecule has 0 aromatic carbocycles. The highest BCUT2D eigenvalue weighted by molar-refractivity contribution is 5.85. The van der Waals surface area contributed by atoms with E-state index in [0.29, 0.717) is 13.0 Å². The van der Waals surface area contributed by atoms with Gasteiger partial charge in [-0.2, -0.15) is 0 Å². The van der Waals surface area contributed by atoms with Crippen LogP contribution in [0.1, 0.15) is 47.5 Å². The van der Waals surface area contributed by atoms with Crippen LogP contribution in [0.3, 0.4) is 0 Å². The molecule has 1 aliphatic rings. The summed E-state index contributed by atoms with van der Waals surface area (Å²) in [7, 11) is 0. The maximum Gasteiger partial charge on any atom is 0.222 e. The van der Waals surface area contributed by atoms with Crippen molar-refractivity contribution >= 4 is 18.3 Å². The Morgan fingerprint density at radius 2 is 1.95 bits per heavy atom. The minimum absolute atomic E-state index is 0. The Morgan fingerprint density at radius 3 is 2.42 bits per heavy atom. The van der Waals surface area contributed by atoms with Crippen LogP contribution in [0.15, 0.2) is 0 Å². The van der Waals surface area contributed by atoms with Gasteiger partial charge in [-0.1, -0.05) is 20.8 Å². The van der Waals surface area contributed by atoms with Gasteiger partial charge >= 0.3 is 0 Å². The Labute approximate surface area is 123 Å². The molecule has 1 heterocycles. The first kappa shape index (κ1) is 18.7. The third kappa shape index (κ3) is 8.45. The molecule has 0 radical (unpaired) electrons. The molecule has 1 saturated heterocycles. The highest BCUT2D eigenvalue weighted by atomic mass is 35.5. The van der Waals surface area contributed by atoms with Crippen molar-refractivity contribution in [3.63, 3.8) is 0 Å². The molecule has 0 aromatic heterocycles. The Kier molecular flexibility index (Phi) is 7.33. The van der Waals surface area contributed by atoms with E-state index in [1.807, 2.05) is 0 Å². The van der Waals surface area contributed by atoms with E-state index in [9.17, 15) is 4.79 Å². The topological polar surface area (TPSA) is 50.4 Å². The molecule has 5 heteroatoms. The van der Waals surface area contributed by atoms with E-state index in [2.05, 4.69) is 45.3 Å². The van der Waals surface area contributed by atoms with Gasteiger partial charge in [0.2, 0.25) is 5.91 Å². The SMILES string of the molecule is CC(C)(C)CC(C)(C)NC(=O)CC1COCCN1.Cl. The smallest absolute Gasteiger partial charge is 0.222 e. The molecule has 0 bridgehead atoms. The molecule has 1 aliphatic heterocycles. The number of nitrogens with one attached hydrogen (secondary N) is 2. The molecular formula is C14H29ClN2O2. The maximum absolute atomic E-state index is 12.0. The summed E-state index contributed by atoms with van der Waals surface area (Å²) in [5, 5.41) is 6.42. The van der Waals surface area contributed by atoms with Gasteiger partial charge in [0.15, 0.2) is 0 Å². The third-order valence-electron chi connectivity index (χ3n) is 2.88. The normalized spacial score (nSPS) is 20.6. The van der Waals surface area contributed by atoms with Crippen molar-refractivity contribution in [3.8, 4) is 0 Å². The van der Waals surface area contributed by atoms with Crippen molar-refractivity contribution in [2.24, 2.45) is 5.41 Å². The van der Waals surface area contributed by atoms with Crippen LogP contribution >= 0.6 is 12.4 Å². The summed E-state index contributed by atoms with van der Waals surface area (Å²) in [5.74, 6) is 0.104. The van der Waals surface area contributed by atoms with E-state index in [4.69, 9.17) is 4.74 Å². The highest BCUT2D eigenvalue weighted by Crippen LogP contribution is 2.26. The molecular weight excluding hydrogens is 264 g/mol. The van der Waals surface area contributed by atoms with Crippen molar-refractivity contribution in [1.82, 2.24) is 10.6 Å². The van der Waals surface area contributed by atoms with Gasteiger partial charge in [0, 0.05) is 24.5 Å². The number of hydrogen-bond acceptors (Lipinski definition) is 3. The molecule has 1 atom stereocenters. The van der Waals surface area contributed by atoms with E-state index >= 15 is 0 Å². The lowest BCUT2D eigenvalue weighted by molar-refractivity contribution is -0.124. The average Bonchev–Trinajstić information content (AvgIpc) is 2.13. The summed E-state index contributed by atoms with van der Waals surface area (Å²) in [4.78, 5) is 12.0. The van der Waals surface area contributed by atoms with E-state index in [-0.39, 0.29) is 35.3 Å². The van der Waals surface area contributed by atoms with Crippen LogP contribution in [-0.4, -0.2) is 37.2 Å². The zero-order chi connectivity index (χ0) is 13.8. The van der Waals surface area contributed by atoms with E-state index in [0.717, 1.165) is 19.6 Å². The third-order valence-corrected chi connectivity index (χ3v) is 2.88. The number of ether oxygens (including phenoxy) is 1. The number of morpholine rings is 1. The van der Waals surface area contributed by atoms with Gasteiger partial charge in [-0.15, -0.1) is 12.4 Å². The first-order valence-corrected chi connectivity index (χ1v) is 6.80. The second kappa shape index (κ2) is 7.46. The summed E-state index contributed by atoms with van der Waals surface area (Å²) in [6.45, 7) is 13.0. The zero-order valence-electron chi connectivity index (χ0n) is 12.8. The van der Waals surface area contributed by atoms with Crippen molar-refractivity contribution in [3.05, 3.63) is 0 Å². The molecule has 1 amide bonds. The molecule has 114 valence electrons. The predicted molar refractivity (Wildman–Crippen MR) is 80.8 cm³/mol. The largest absolute Gasteiger partial charge is 0.378 e. The highest BCUT2D eigenvalue weighted by Gasteiger charge is 2.28. The van der Waals surface area contributed by atoms with Gasteiger partial charge in [-0.3, -0.25) is 4.79 Å². The molecule has 0 saturated carbocycles. The van der Waals surface area contributed by atoms with Crippen molar-refractivity contribution in [2.75, 3.05) is 19.8 Å². The number of rotatable bonds is 4. The van der Waals surface area contributed by atoms with Crippen molar-refractivity contribution < 1.29 is 9.53 Å². The van der Waals surface area contributed by atoms with E-state index in [1.54, 1.807) is 0 Å². The average molecular weight is 293 g/mol. The van der Waals surface area contributed by atoms with Crippen LogP contribution in [0.5, 0.6) is 0 Å². The Hall–Kier alpha value is -0.320. The summed E-state index contributed by atoms with van der Waals surface area (Å²) < 4.78 is 5.35. The van der Waals surface area contributed by atoms with Gasteiger partial charge < -0.3 is 15.4 Å². The second-order valence-electron chi connectivity index (χ2n) is 7.10. The van der Waals surface area contributed by atoms with Crippen LogP contribution < -0.4 is 10.6 Å². The molecule has 1 fully saturated rings. The Bertz CT molecular complexity index is 282. The van der Waals surface area contributed by atoms with Gasteiger partial charge in [0.25, 0.3) is 0 Å². The standard InChI is InChI=1S/C14H28N2O2.ClH/c1-13(2,3)10-14(4,5)16-12(17)8-11-9-18-7-6-15-11;/h11,15H,6-10H2,1-5H3,(H,16,17);1H. The van der Waals surface area contributed by atoms with Crippen molar-refractivity contribution in [2.45, 2.75) is 59.0 Å². The maximum atomic E-state index is 12.0. The quantitative estimate of drug-likeness (QED) is 0.834. The second-order valence-corrected chi connectivity index (χ2v) is 7.10. The Balaban J connectivity index is 0.00000324. The molecule has 0 aliphatic carbocycles. The van der Waals surface area contributed by atoms with Crippen LogP contribution in [0.25, 0.3) is 0 Å². The number of hydrogen-bond donors (Lipinski definition) is 2. The molecule has 1 rings (SSSR count). The monoisotopic (exact) mass is 292 g/mol. The van der Waals surface area contributed by atoms with E-state index in [1.165, 1.54) is 0 Å². The number of carbonyl (C=O) groups excluding carboxylic acids is 1. The summed E-state index contributed by atoms with van der Waals surface area (Å²) in [6, 6.07) is 0.157. The zero-order valence-corrected chi connectivity index (χ0v) is 13.7. The first-order chi connectivity index (χ1) is 8.18. The minimum Gasteiger partial charge on any atom is -0.378 e. The van der Waals surface area contributed by atoms with Crippen LogP contribution in [-0.2, 0) is 9.53 Å². The van der Waals surface area contributed by atoms with Crippen molar-refractivity contribution in [1.29, 1.82) is 0 Å². The number of halogens is 1. The summed E-state index contributed by atoms with van der Waals surface area (Å²) in [5.41, 5.74) is 0.0494. The molecule has 2 N–H and O–H groups in total. The number of carbonyl (C=O) groups is 1. The fourth-order valence-corrected chi connectivity index (χ4v) is 2.77. The summed E-state index contributed by atoms with van der Waals surface area (Å²) in [6.07, 6.45) is 1.45. The van der Waals surface area contributed by atoms with Gasteiger partial charge in [-0.05, 0) is 25.7 Å². The van der Waals surface area contributed by atoms with Crippen LogP contribution in [0.4, 0.5) is 0 Å². The Morgan fingerprint density at radius 1 is 1.32 bits per heavy atom. The molecule has 0 aromatic rings. The molecule has 1 unspecified atom stereocenters. The lowest BCUT2D eigenvalue weighted by Gasteiger charge is -2.34. The van der Waals surface area contributed by atoms with Gasteiger partial charge in [0.05, 0.1) is 13.2 Å². The van der Waals surface area contributed by atoms with Crippen LogP contribution in [0, 0.1) is 5.41 Å². The van der Waals surface area contributed by atoms with Gasteiger partial charge in [0.1, 0.15) is 0 Å². The first-order valence-electron chi connectivity index (χ1n) is 6.80. The molecule has 19 heavy (non-hydrogen) atoms. The van der Waals surface area contributed by atoms with Crippen LogP contribution in [0.2, 0.25) is 0 Å². The minimum atomic E-state index is -0.162. The fourth-order valence-electron chi connectivity index (χ4n) is 2.77. The molecule has 0 spiro atoms. The fraction of sp³-hybridized carbons (Fsp3) is 0.929. The lowest BCUT2D eigenvalue weighted by Crippen LogP contribution is -2.49. The van der Waals surface area contributed by atoms with Gasteiger partial charge in [-0.25, -0.2) is 0 Å². The summed E-state index contributed by atoms with van der Waals surface area (Å²) >= 11 is 0. The lowest BCUT2D eigenvalue weighted by atomic mass is 9.81. The predicted octanol–water partition coefficient (Wildman–Crippen LogP) is 2.12. The molecule has 4 nitrogen and oxygen atoms in total. The van der Waals surface area contributed by atoms with E-state index < -0.39 is 0 Å². The number of amides is 1.